The van der Waals surface area contributed by atoms with Gasteiger partial charge in [-0.2, -0.15) is 0 Å². The number of nitrogens with zero attached hydrogens (tertiary/aromatic N) is 1. The van der Waals surface area contributed by atoms with Gasteiger partial charge in [-0.05, 0) is 40.2 Å². The highest BCUT2D eigenvalue weighted by Crippen LogP contribution is 2.36. The van der Waals surface area contributed by atoms with Crippen LogP contribution in [0.25, 0.3) is 0 Å². The monoisotopic (exact) mass is 229 g/mol. The molecular weight excluding hydrogens is 206 g/mol. The predicted molar refractivity (Wildman–Crippen MR) is 61.2 cm³/mol. The zero-order chi connectivity index (χ0) is 11.8. The van der Waals surface area contributed by atoms with Crippen LogP contribution in [0.2, 0.25) is 0 Å². The Balaban J connectivity index is 2.06. The molecule has 2 fully saturated rings. The van der Waals surface area contributed by atoms with Crippen molar-refractivity contribution in [3.8, 4) is 0 Å². The summed E-state index contributed by atoms with van der Waals surface area (Å²) in [6.07, 6.45) is 2.17. The number of rotatable bonds is 3. The van der Waals surface area contributed by atoms with Gasteiger partial charge in [0.1, 0.15) is 6.10 Å². The topological polar surface area (TPSA) is 41.9 Å². The van der Waals surface area contributed by atoms with Crippen molar-refractivity contribution in [2.24, 2.45) is 0 Å². The molecule has 94 valence electrons. The van der Waals surface area contributed by atoms with Crippen LogP contribution in [-0.2, 0) is 9.47 Å². The van der Waals surface area contributed by atoms with Crippen molar-refractivity contribution in [3.63, 3.8) is 0 Å². The summed E-state index contributed by atoms with van der Waals surface area (Å²) in [6.45, 7) is 8.10. The van der Waals surface area contributed by atoms with Gasteiger partial charge >= 0.3 is 0 Å². The number of ether oxygens (including phenoxy) is 2. The quantitative estimate of drug-likeness (QED) is 0.783. The van der Waals surface area contributed by atoms with Crippen LogP contribution in [-0.4, -0.2) is 53.7 Å². The Morgan fingerprint density at radius 1 is 1.50 bits per heavy atom. The minimum atomic E-state index is -0.534. The Morgan fingerprint density at radius 2 is 2.25 bits per heavy atom. The van der Waals surface area contributed by atoms with E-state index in [0.717, 1.165) is 13.0 Å². The first-order chi connectivity index (χ1) is 7.57. The molecule has 2 saturated heterocycles. The number of aliphatic hydroxyl groups is 1. The zero-order valence-corrected chi connectivity index (χ0v) is 10.5. The van der Waals surface area contributed by atoms with Gasteiger partial charge in [-0.25, -0.2) is 0 Å². The molecule has 0 aromatic carbocycles. The smallest absolute Gasteiger partial charge is 0.181 e. The Morgan fingerprint density at radius 3 is 2.81 bits per heavy atom. The van der Waals surface area contributed by atoms with E-state index in [9.17, 15) is 0 Å². The minimum absolute atomic E-state index is 0.0456. The SMILES string of the molecule is CC(C)N1CCCC1C1(C)OCC(CO)O1. The molecule has 2 rings (SSSR count). The third kappa shape index (κ3) is 2.12. The summed E-state index contributed by atoms with van der Waals surface area (Å²) in [4.78, 5) is 2.44. The van der Waals surface area contributed by atoms with Crippen molar-refractivity contribution in [2.75, 3.05) is 19.8 Å². The lowest BCUT2D eigenvalue weighted by Crippen LogP contribution is -2.51. The fourth-order valence-electron chi connectivity index (χ4n) is 2.89. The Hall–Kier alpha value is -0.160. The van der Waals surface area contributed by atoms with Crippen molar-refractivity contribution in [2.45, 2.75) is 57.6 Å². The molecule has 0 aromatic heterocycles. The summed E-state index contributed by atoms with van der Waals surface area (Å²) in [5.41, 5.74) is 0. The van der Waals surface area contributed by atoms with Crippen molar-refractivity contribution in [3.05, 3.63) is 0 Å². The van der Waals surface area contributed by atoms with E-state index < -0.39 is 5.79 Å². The fourth-order valence-corrected chi connectivity index (χ4v) is 2.89. The highest BCUT2D eigenvalue weighted by molar-refractivity contribution is 4.93. The molecule has 2 aliphatic rings. The van der Waals surface area contributed by atoms with Crippen LogP contribution >= 0.6 is 0 Å². The molecule has 0 aromatic rings. The standard InChI is InChI=1S/C12H23NO3/c1-9(2)13-6-4-5-11(13)12(3)15-8-10(7-14)16-12/h9-11,14H,4-8H2,1-3H3. The van der Waals surface area contributed by atoms with Crippen molar-refractivity contribution < 1.29 is 14.6 Å². The Kier molecular flexibility index (Phi) is 3.54. The molecular formula is C12H23NO3. The van der Waals surface area contributed by atoms with Gasteiger partial charge in [0.2, 0.25) is 0 Å². The molecule has 0 saturated carbocycles. The van der Waals surface area contributed by atoms with E-state index in [2.05, 4.69) is 18.7 Å². The van der Waals surface area contributed by atoms with Crippen LogP contribution in [0.4, 0.5) is 0 Å². The molecule has 0 aliphatic carbocycles. The van der Waals surface area contributed by atoms with Gasteiger partial charge in [0.05, 0.1) is 19.3 Å². The second-order valence-corrected chi connectivity index (χ2v) is 5.24. The van der Waals surface area contributed by atoms with Crippen LogP contribution < -0.4 is 0 Å². The van der Waals surface area contributed by atoms with Gasteiger partial charge in [-0.3, -0.25) is 4.90 Å². The molecule has 2 heterocycles. The van der Waals surface area contributed by atoms with Gasteiger partial charge in [-0.1, -0.05) is 0 Å². The maximum atomic E-state index is 9.10. The lowest BCUT2D eigenvalue weighted by atomic mass is 10.1. The summed E-state index contributed by atoms with van der Waals surface area (Å²) in [7, 11) is 0. The van der Waals surface area contributed by atoms with Crippen molar-refractivity contribution in [1.29, 1.82) is 0 Å². The molecule has 0 bridgehead atoms. The first-order valence-corrected chi connectivity index (χ1v) is 6.25. The summed E-state index contributed by atoms with van der Waals surface area (Å²) in [5.74, 6) is -0.534. The Labute approximate surface area is 97.5 Å². The molecule has 4 heteroatoms. The lowest BCUT2D eigenvalue weighted by molar-refractivity contribution is -0.197. The fraction of sp³-hybridized carbons (Fsp3) is 1.00. The first-order valence-electron chi connectivity index (χ1n) is 6.25. The number of likely N-dealkylation sites (tertiary alicyclic amines) is 1. The van der Waals surface area contributed by atoms with E-state index in [-0.39, 0.29) is 12.7 Å². The molecule has 1 N–H and O–H groups in total. The number of hydrogen-bond donors (Lipinski definition) is 1. The Bertz CT molecular complexity index is 246. The molecule has 16 heavy (non-hydrogen) atoms. The van der Waals surface area contributed by atoms with Gasteiger partial charge in [0, 0.05) is 6.04 Å². The average molecular weight is 229 g/mol. The number of hydrogen-bond acceptors (Lipinski definition) is 4. The molecule has 4 nitrogen and oxygen atoms in total. The first kappa shape index (κ1) is 12.3. The van der Waals surface area contributed by atoms with Crippen LogP contribution in [0.3, 0.4) is 0 Å². The normalized spacial score (nSPS) is 41.1. The van der Waals surface area contributed by atoms with Crippen LogP contribution in [0.15, 0.2) is 0 Å². The van der Waals surface area contributed by atoms with E-state index in [4.69, 9.17) is 14.6 Å². The minimum Gasteiger partial charge on any atom is -0.394 e. The molecule has 3 unspecified atom stereocenters. The van der Waals surface area contributed by atoms with E-state index in [0.29, 0.717) is 18.7 Å². The second kappa shape index (κ2) is 4.61. The summed E-state index contributed by atoms with van der Waals surface area (Å²) in [5, 5.41) is 9.10. The molecule has 0 spiro atoms. The largest absolute Gasteiger partial charge is 0.394 e. The molecule has 2 aliphatic heterocycles. The maximum absolute atomic E-state index is 9.10. The summed E-state index contributed by atoms with van der Waals surface area (Å²) in [6, 6.07) is 0.841. The van der Waals surface area contributed by atoms with Crippen LogP contribution in [0.5, 0.6) is 0 Å². The third-order valence-electron chi connectivity index (χ3n) is 3.72. The molecule has 0 amide bonds. The van der Waals surface area contributed by atoms with Crippen molar-refractivity contribution >= 4 is 0 Å². The van der Waals surface area contributed by atoms with Gasteiger partial charge in [0.25, 0.3) is 0 Å². The maximum Gasteiger partial charge on any atom is 0.181 e. The highest BCUT2D eigenvalue weighted by Gasteiger charge is 2.48. The second-order valence-electron chi connectivity index (χ2n) is 5.24. The van der Waals surface area contributed by atoms with Crippen LogP contribution in [0, 0.1) is 0 Å². The van der Waals surface area contributed by atoms with E-state index in [1.807, 2.05) is 6.92 Å². The zero-order valence-electron chi connectivity index (χ0n) is 10.5. The van der Waals surface area contributed by atoms with E-state index in [1.54, 1.807) is 0 Å². The highest BCUT2D eigenvalue weighted by atomic mass is 16.7. The summed E-state index contributed by atoms with van der Waals surface area (Å²) >= 11 is 0. The summed E-state index contributed by atoms with van der Waals surface area (Å²) < 4.78 is 11.6. The average Bonchev–Trinajstić information content (AvgIpc) is 2.84. The van der Waals surface area contributed by atoms with E-state index in [1.165, 1.54) is 6.42 Å². The third-order valence-corrected chi connectivity index (χ3v) is 3.72. The van der Waals surface area contributed by atoms with Gasteiger partial charge < -0.3 is 14.6 Å². The number of aliphatic hydroxyl groups excluding tert-OH is 1. The molecule has 3 atom stereocenters. The van der Waals surface area contributed by atoms with Gasteiger partial charge in [-0.15, -0.1) is 0 Å². The lowest BCUT2D eigenvalue weighted by Gasteiger charge is -2.38. The van der Waals surface area contributed by atoms with Crippen molar-refractivity contribution in [1.82, 2.24) is 4.90 Å². The van der Waals surface area contributed by atoms with Crippen LogP contribution in [0.1, 0.15) is 33.6 Å². The van der Waals surface area contributed by atoms with E-state index >= 15 is 0 Å². The molecule has 0 radical (unpaired) electrons. The van der Waals surface area contributed by atoms with Gasteiger partial charge in [0.15, 0.2) is 5.79 Å². The predicted octanol–water partition coefficient (Wildman–Crippen LogP) is 0.983.